The Balaban J connectivity index is 2.23. The largest absolute Gasteiger partial charge is 0.397 e. The molecule has 1 aromatic carbocycles. The number of anilines is 2. The molecule has 1 amide bonds. The standard InChI is InChI=1S/C15H23N3O/c1-10-5-3-4-6-13(10)18(2)14-8-7-11(15(17)19)9-12(14)16/h7-10,13H,3-6,16H2,1-2H3,(H2,17,19). The number of amides is 1. The number of rotatable bonds is 3. The number of benzene rings is 1. The van der Waals surface area contributed by atoms with E-state index >= 15 is 0 Å². The highest BCUT2D eigenvalue weighted by Crippen LogP contribution is 2.33. The van der Waals surface area contributed by atoms with Crippen molar-refractivity contribution in [3.05, 3.63) is 23.8 Å². The van der Waals surface area contributed by atoms with Crippen LogP contribution in [-0.4, -0.2) is 19.0 Å². The highest BCUT2D eigenvalue weighted by Gasteiger charge is 2.26. The Morgan fingerprint density at radius 2 is 2.00 bits per heavy atom. The predicted octanol–water partition coefficient (Wildman–Crippen LogP) is 2.38. The van der Waals surface area contributed by atoms with Crippen LogP contribution in [0.25, 0.3) is 0 Å². The Kier molecular flexibility index (Phi) is 3.98. The molecule has 4 nitrogen and oxygen atoms in total. The molecule has 1 aliphatic rings. The second-order valence-corrected chi connectivity index (χ2v) is 5.58. The summed E-state index contributed by atoms with van der Waals surface area (Å²) in [5, 5.41) is 0. The number of hydrogen-bond donors (Lipinski definition) is 2. The van der Waals surface area contributed by atoms with Gasteiger partial charge in [-0.25, -0.2) is 0 Å². The second-order valence-electron chi connectivity index (χ2n) is 5.58. The van der Waals surface area contributed by atoms with Crippen LogP contribution in [0.1, 0.15) is 43.0 Å². The molecule has 2 rings (SSSR count). The fraction of sp³-hybridized carbons (Fsp3) is 0.533. The molecule has 0 spiro atoms. The van der Waals surface area contributed by atoms with E-state index < -0.39 is 5.91 Å². The van der Waals surface area contributed by atoms with Crippen LogP contribution in [0, 0.1) is 5.92 Å². The molecule has 0 bridgehead atoms. The van der Waals surface area contributed by atoms with Crippen LogP contribution in [0.15, 0.2) is 18.2 Å². The normalized spacial score (nSPS) is 23.1. The maximum Gasteiger partial charge on any atom is 0.248 e. The van der Waals surface area contributed by atoms with Crippen LogP contribution < -0.4 is 16.4 Å². The third kappa shape index (κ3) is 2.83. The number of nitrogen functional groups attached to an aromatic ring is 1. The SMILES string of the molecule is CC1CCCCC1N(C)c1ccc(C(N)=O)cc1N. The lowest BCUT2D eigenvalue weighted by atomic mass is 9.85. The minimum atomic E-state index is -0.438. The van der Waals surface area contributed by atoms with Gasteiger partial charge in [-0.15, -0.1) is 0 Å². The Hall–Kier alpha value is -1.71. The number of primary amides is 1. The molecule has 1 saturated carbocycles. The van der Waals surface area contributed by atoms with E-state index in [-0.39, 0.29) is 0 Å². The van der Waals surface area contributed by atoms with Gasteiger partial charge < -0.3 is 16.4 Å². The Bertz CT molecular complexity index is 472. The van der Waals surface area contributed by atoms with Crippen molar-refractivity contribution in [3.8, 4) is 0 Å². The van der Waals surface area contributed by atoms with Gasteiger partial charge >= 0.3 is 0 Å². The first-order valence-electron chi connectivity index (χ1n) is 6.93. The molecule has 2 unspecified atom stereocenters. The summed E-state index contributed by atoms with van der Waals surface area (Å²) in [4.78, 5) is 13.4. The van der Waals surface area contributed by atoms with Crippen molar-refractivity contribution in [1.82, 2.24) is 0 Å². The minimum Gasteiger partial charge on any atom is -0.397 e. The highest BCUT2D eigenvalue weighted by atomic mass is 16.1. The van der Waals surface area contributed by atoms with E-state index in [1.54, 1.807) is 12.1 Å². The Morgan fingerprint density at radius 3 is 2.58 bits per heavy atom. The quantitative estimate of drug-likeness (QED) is 0.820. The van der Waals surface area contributed by atoms with Gasteiger partial charge in [-0.1, -0.05) is 19.8 Å². The predicted molar refractivity (Wildman–Crippen MR) is 79.2 cm³/mol. The maximum absolute atomic E-state index is 11.1. The third-order valence-corrected chi connectivity index (χ3v) is 4.26. The van der Waals surface area contributed by atoms with Crippen molar-refractivity contribution in [1.29, 1.82) is 0 Å². The van der Waals surface area contributed by atoms with Crippen LogP contribution in [0.2, 0.25) is 0 Å². The molecule has 19 heavy (non-hydrogen) atoms. The number of carbonyl (C=O) groups is 1. The van der Waals surface area contributed by atoms with Crippen LogP contribution in [0.5, 0.6) is 0 Å². The van der Waals surface area contributed by atoms with Crippen LogP contribution in [0.4, 0.5) is 11.4 Å². The second kappa shape index (κ2) is 5.51. The van der Waals surface area contributed by atoms with Crippen LogP contribution in [0.3, 0.4) is 0 Å². The number of nitrogens with two attached hydrogens (primary N) is 2. The summed E-state index contributed by atoms with van der Waals surface area (Å²) >= 11 is 0. The van der Waals surface area contributed by atoms with E-state index in [9.17, 15) is 4.79 Å². The van der Waals surface area contributed by atoms with E-state index in [0.29, 0.717) is 23.2 Å². The smallest absolute Gasteiger partial charge is 0.248 e. The van der Waals surface area contributed by atoms with Gasteiger partial charge in [0, 0.05) is 18.7 Å². The zero-order chi connectivity index (χ0) is 14.0. The van der Waals surface area contributed by atoms with Gasteiger partial charge in [-0.3, -0.25) is 4.79 Å². The lowest BCUT2D eigenvalue weighted by molar-refractivity contribution is 0.100. The lowest BCUT2D eigenvalue weighted by Crippen LogP contribution is -2.39. The molecule has 0 heterocycles. The molecule has 0 radical (unpaired) electrons. The summed E-state index contributed by atoms with van der Waals surface area (Å²) in [6.45, 7) is 2.30. The van der Waals surface area contributed by atoms with Crippen molar-refractivity contribution < 1.29 is 4.79 Å². The molecular weight excluding hydrogens is 238 g/mol. The summed E-state index contributed by atoms with van der Waals surface area (Å²) in [5.41, 5.74) is 13.4. The van der Waals surface area contributed by atoms with Crippen molar-refractivity contribution in [2.75, 3.05) is 17.7 Å². The van der Waals surface area contributed by atoms with Crippen molar-refractivity contribution in [2.24, 2.45) is 11.7 Å². The van der Waals surface area contributed by atoms with Gasteiger partial charge in [0.25, 0.3) is 0 Å². The maximum atomic E-state index is 11.1. The zero-order valence-corrected chi connectivity index (χ0v) is 11.7. The molecule has 1 aromatic rings. The zero-order valence-electron chi connectivity index (χ0n) is 11.7. The van der Waals surface area contributed by atoms with Crippen LogP contribution in [-0.2, 0) is 0 Å². The average molecular weight is 261 g/mol. The molecule has 4 heteroatoms. The van der Waals surface area contributed by atoms with Gasteiger partial charge in [0.2, 0.25) is 5.91 Å². The molecule has 0 aliphatic heterocycles. The summed E-state index contributed by atoms with van der Waals surface area (Å²) < 4.78 is 0. The monoisotopic (exact) mass is 261 g/mol. The molecular formula is C15H23N3O. The summed E-state index contributed by atoms with van der Waals surface area (Å²) in [7, 11) is 2.09. The molecule has 1 aliphatic carbocycles. The number of hydrogen-bond acceptors (Lipinski definition) is 3. The molecule has 4 N–H and O–H groups in total. The van der Waals surface area contributed by atoms with Gasteiger partial charge in [0.15, 0.2) is 0 Å². The van der Waals surface area contributed by atoms with E-state index in [0.717, 1.165) is 5.69 Å². The lowest BCUT2D eigenvalue weighted by Gasteiger charge is -2.38. The van der Waals surface area contributed by atoms with Crippen LogP contribution >= 0.6 is 0 Å². The third-order valence-electron chi connectivity index (χ3n) is 4.26. The Morgan fingerprint density at radius 1 is 1.32 bits per heavy atom. The summed E-state index contributed by atoms with van der Waals surface area (Å²) in [6.07, 6.45) is 5.07. The van der Waals surface area contributed by atoms with Crippen molar-refractivity contribution in [2.45, 2.75) is 38.6 Å². The van der Waals surface area contributed by atoms with E-state index in [4.69, 9.17) is 11.5 Å². The van der Waals surface area contributed by atoms with E-state index in [1.165, 1.54) is 25.7 Å². The average Bonchev–Trinajstić information content (AvgIpc) is 2.38. The van der Waals surface area contributed by atoms with Gasteiger partial charge in [0.1, 0.15) is 0 Å². The summed E-state index contributed by atoms with van der Waals surface area (Å²) in [5.74, 6) is 0.237. The highest BCUT2D eigenvalue weighted by molar-refractivity contribution is 5.94. The van der Waals surface area contributed by atoms with Gasteiger partial charge in [0.05, 0.1) is 11.4 Å². The fourth-order valence-electron chi connectivity index (χ4n) is 3.08. The van der Waals surface area contributed by atoms with E-state index in [1.807, 2.05) is 6.07 Å². The number of carbonyl (C=O) groups excluding carboxylic acids is 1. The fourth-order valence-corrected chi connectivity index (χ4v) is 3.08. The van der Waals surface area contributed by atoms with E-state index in [2.05, 4.69) is 18.9 Å². The van der Waals surface area contributed by atoms with Gasteiger partial charge in [-0.05, 0) is 37.0 Å². The first-order valence-corrected chi connectivity index (χ1v) is 6.93. The minimum absolute atomic E-state index is 0.438. The van der Waals surface area contributed by atoms with Crippen molar-refractivity contribution >= 4 is 17.3 Å². The van der Waals surface area contributed by atoms with Gasteiger partial charge in [-0.2, -0.15) is 0 Å². The first-order chi connectivity index (χ1) is 9.00. The molecule has 2 atom stereocenters. The molecule has 0 saturated heterocycles. The number of nitrogens with zero attached hydrogens (tertiary/aromatic N) is 1. The topological polar surface area (TPSA) is 72.3 Å². The van der Waals surface area contributed by atoms with Crippen molar-refractivity contribution in [3.63, 3.8) is 0 Å². The molecule has 1 fully saturated rings. The molecule has 0 aromatic heterocycles. The Labute approximate surface area is 114 Å². The first kappa shape index (κ1) is 13.7. The summed E-state index contributed by atoms with van der Waals surface area (Å²) in [6, 6.07) is 5.84. The molecule has 104 valence electrons.